The second kappa shape index (κ2) is 5.44. The third-order valence-corrected chi connectivity index (χ3v) is 5.26. The molecule has 3 rings (SSSR count). The van der Waals surface area contributed by atoms with E-state index in [2.05, 4.69) is 27.4 Å². The summed E-state index contributed by atoms with van der Waals surface area (Å²) in [7, 11) is 1.98. The number of imidazole rings is 1. The minimum absolute atomic E-state index is 0.0172. The molecule has 3 atom stereocenters. The second-order valence-electron chi connectivity index (χ2n) is 5.96. The Morgan fingerprint density at radius 1 is 1.48 bits per heavy atom. The maximum atomic E-state index is 11.6. The summed E-state index contributed by atoms with van der Waals surface area (Å²) in [6, 6.07) is 6.00. The number of carboxylic acid groups (broad SMARTS) is 1. The molecule has 1 aliphatic carbocycles. The van der Waals surface area contributed by atoms with E-state index in [4.69, 9.17) is 4.98 Å². The van der Waals surface area contributed by atoms with Gasteiger partial charge in [-0.3, -0.25) is 4.79 Å². The van der Waals surface area contributed by atoms with Gasteiger partial charge in [-0.25, -0.2) is 4.98 Å². The number of halogens is 1. The van der Waals surface area contributed by atoms with Crippen LogP contribution in [0.1, 0.15) is 37.9 Å². The van der Waals surface area contributed by atoms with Crippen LogP contribution < -0.4 is 0 Å². The van der Waals surface area contributed by atoms with Gasteiger partial charge in [0, 0.05) is 17.4 Å². The Bertz CT molecular complexity index is 695. The zero-order valence-electron chi connectivity index (χ0n) is 12.2. The largest absolute Gasteiger partial charge is 0.481 e. The lowest BCUT2D eigenvalue weighted by molar-refractivity contribution is -0.142. The minimum Gasteiger partial charge on any atom is -0.481 e. The maximum absolute atomic E-state index is 11.6. The standard InChI is InChI=1S/C16H19BrN2O2/c1-3-9-6-11(12(7-9)16(20)21)15-18-13-8-10(17)4-5-14(13)19(15)2/h4-5,8-9,11-12H,3,6-7H2,1-2H3,(H,20,21). The van der Waals surface area contributed by atoms with Crippen molar-refractivity contribution in [3.8, 4) is 0 Å². The van der Waals surface area contributed by atoms with Crippen LogP contribution in [-0.4, -0.2) is 20.6 Å². The number of benzene rings is 1. The quantitative estimate of drug-likeness (QED) is 0.911. The van der Waals surface area contributed by atoms with Crippen molar-refractivity contribution < 1.29 is 9.90 Å². The highest BCUT2D eigenvalue weighted by atomic mass is 79.9. The Labute approximate surface area is 132 Å². The molecule has 0 spiro atoms. The third kappa shape index (κ3) is 2.48. The van der Waals surface area contributed by atoms with E-state index in [1.165, 1.54) is 0 Å². The van der Waals surface area contributed by atoms with E-state index in [9.17, 15) is 9.90 Å². The smallest absolute Gasteiger partial charge is 0.307 e. The molecule has 5 heteroatoms. The number of hydrogen-bond acceptors (Lipinski definition) is 2. The summed E-state index contributed by atoms with van der Waals surface area (Å²) >= 11 is 3.46. The van der Waals surface area contributed by atoms with Gasteiger partial charge in [-0.2, -0.15) is 0 Å². The number of carboxylic acids is 1. The molecule has 1 aliphatic rings. The van der Waals surface area contributed by atoms with Crippen molar-refractivity contribution in [1.82, 2.24) is 9.55 Å². The van der Waals surface area contributed by atoms with Crippen LogP contribution in [0.15, 0.2) is 22.7 Å². The summed E-state index contributed by atoms with van der Waals surface area (Å²) in [6.45, 7) is 2.14. The van der Waals surface area contributed by atoms with Gasteiger partial charge in [0.05, 0.1) is 17.0 Å². The first-order valence-electron chi connectivity index (χ1n) is 7.36. The molecule has 0 amide bonds. The first-order chi connectivity index (χ1) is 10.0. The zero-order chi connectivity index (χ0) is 15.1. The summed E-state index contributed by atoms with van der Waals surface area (Å²) in [5.74, 6) is 0.413. The Kier molecular flexibility index (Phi) is 3.78. The third-order valence-electron chi connectivity index (χ3n) is 4.76. The van der Waals surface area contributed by atoms with Crippen LogP contribution in [0.4, 0.5) is 0 Å². The van der Waals surface area contributed by atoms with E-state index >= 15 is 0 Å². The molecule has 1 aromatic carbocycles. The van der Waals surface area contributed by atoms with Crippen LogP contribution in [-0.2, 0) is 11.8 Å². The molecule has 1 fully saturated rings. The monoisotopic (exact) mass is 350 g/mol. The van der Waals surface area contributed by atoms with Crippen LogP contribution >= 0.6 is 15.9 Å². The van der Waals surface area contributed by atoms with Gasteiger partial charge in [-0.1, -0.05) is 29.3 Å². The van der Waals surface area contributed by atoms with Crippen molar-refractivity contribution in [2.45, 2.75) is 32.1 Å². The average Bonchev–Trinajstić information content (AvgIpc) is 3.00. The van der Waals surface area contributed by atoms with Crippen LogP contribution in [0, 0.1) is 11.8 Å². The summed E-state index contributed by atoms with van der Waals surface area (Å²) in [5, 5.41) is 9.52. The van der Waals surface area contributed by atoms with Gasteiger partial charge in [0.2, 0.25) is 0 Å². The maximum Gasteiger partial charge on any atom is 0.307 e. The molecule has 0 bridgehead atoms. The molecule has 1 N–H and O–H groups in total. The summed E-state index contributed by atoms with van der Waals surface area (Å²) < 4.78 is 3.05. The van der Waals surface area contributed by atoms with Gasteiger partial charge in [-0.05, 0) is 37.0 Å². The molecular formula is C16H19BrN2O2. The molecule has 4 nitrogen and oxygen atoms in total. The fourth-order valence-corrected chi connectivity index (χ4v) is 3.91. The molecule has 1 heterocycles. The fraction of sp³-hybridized carbons (Fsp3) is 0.500. The molecule has 1 aromatic heterocycles. The van der Waals surface area contributed by atoms with Gasteiger partial charge in [0.1, 0.15) is 5.82 Å². The van der Waals surface area contributed by atoms with Crippen LogP contribution in [0.2, 0.25) is 0 Å². The lowest BCUT2D eigenvalue weighted by Crippen LogP contribution is -2.19. The van der Waals surface area contributed by atoms with Gasteiger partial charge in [0.15, 0.2) is 0 Å². The fourth-order valence-electron chi connectivity index (χ4n) is 3.56. The SMILES string of the molecule is CCC1CC(C(=O)O)C(c2nc3cc(Br)ccc3n2C)C1. The molecule has 0 radical (unpaired) electrons. The van der Waals surface area contributed by atoms with Crippen molar-refractivity contribution >= 4 is 32.9 Å². The predicted molar refractivity (Wildman–Crippen MR) is 85.3 cm³/mol. The van der Waals surface area contributed by atoms with Gasteiger partial charge in [0.25, 0.3) is 0 Å². The molecular weight excluding hydrogens is 332 g/mol. The zero-order valence-corrected chi connectivity index (χ0v) is 13.8. The predicted octanol–water partition coefficient (Wildman–Crippen LogP) is 3.94. The van der Waals surface area contributed by atoms with Crippen molar-refractivity contribution in [3.63, 3.8) is 0 Å². The Balaban J connectivity index is 2.06. The number of rotatable bonds is 3. The number of hydrogen-bond donors (Lipinski definition) is 1. The van der Waals surface area contributed by atoms with E-state index < -0.39 is 5.97 Å². The molecule has 0 aliphatic heterocycles. The Morgan fingerprint density at radius 2 is 2.24 bits per heavy atom. The van der Waals surface area contributed by atoms with Crippen molar-refractivity contribution in [3.05, 3.63) is 28.5 Å². The lowest BCUT2D eigenvalue weighted by atomic mass is 9.95. The normalized spacial score (nSPS) is 25.6. The van der Waals surface area contributed by atoms with Crippen LogP contribution in [0.25, 0.3) is 11.0 Å². The highest BCUT2D eigenvalue weighted by molar-refractivity contribution is 9.10. The van der Waals surface area contributed by atoms with E-state index in [0.717, 1.165) is 40.6 Å². The van der Waals surface area contributed by atoms with Gasteiger partial charge >= 0.3 is 5.97 Å². The number of aryl methyl sites for hydroxylation is 1. The van der Waals surface area contributed by atoms with Gasteiger partial charge < -0.3 is 9.67 Å². The lowest BCUT2D eigenvalue weighted by Gasteiger charge is -2.15. The van der Waals surface area contributed by atoms with Crippen LogP contribution in [0.3, 0.4) is 0 Å². The molecule has 0 saturated heterocycles. The molecule has 112 valence electrons. The minimum atomic E-state index is -0.691. The topological polar surface area (TPSA) is 55.1 Å². The number of carbonyl (C=O) groups is 1. The van der Waals surface area contributed by atoms with Crippen molar-refractivity contribution in [1.29, 1.82) is 0 Å². The molecule has 2 aromatic rings. The molecule has 21 heavy (non-hydrogen) atoms. The summed E-state index contributed by atoms with van der Waals surface area (Å²) in [4.78, 5) is 16.3. The van der Waals surface area contributed by atoms with E-state index in [1.54, 1.807) is 0 Å². The Hall–Kier alpha value is -1.36. The van der Waals surface area contributed by atoms with Crippen LogP contribution in [0.5, 0.6) is 0 Å². The van der Waals surface area contributed by atoms with Crippen molar-refractivity contribution in [2.75, 3.05) is 0 Å². The number of fused-ring (bicyclic) bond motifs is 1. The summed E-state index contributed by atoms with van der Waals surface area (Å²) in [5.41, 5.74) is 1.98. The second-order valence-corrected chi connectivity index (χ2v) is 6.87. The highest BCUT2D eigenvalue weighted by Gasteiger charge is 2.41. The van der Waals surface area contributed by atoms with E-state index in [-0.39, 0.29) is 11.8 Å². The van der Waals surface area contributed by atoms with E-state index in [0.29, 0.717) is 5.92 Å². The number of nitrogens with zero attached hydrogens (tertiary/aromatic N) is 2. The highest BCUT2D eigenvalue weighted by Crippen LogP contribution is 2.44. The van der Waals surface area contributed by atoms with E-state index in [1.807, 2.05) is 25.2 Å². The first-order valence-corrected chi connectivity index (χ1v) is 8.15. The Morgan fingerprint density at radius 3 is 2.90 bits per heavy atom. The summed E-state index contributed by atoms with van der Waals surface area (Å²) in [6.07, 6.45) is 2.73. The molecule has 1 saturated carbocycles. The number of aliphatic carboxylic acids is 1. The van der Waals surface area contributed by atoms with Gasteiger partial charge in [-0.15, -0.1) is 0 Å². The molecule has 3 unspecified atom stereocenters. The average molecular weight is 351 g/mol. The number of aromatic nitrogens is 2. The first kappa shape index (κ1) is 14.6. The van der Waals surface area contributed by atoms with Crippen molar-refractivity contribution in [2.24, 2.45) is 18.9 Å².